The van der Waals surface area contributed by atoms with E-state index in [2.05, 4.69) is 15.5 Å². The highest BCUT2D eigenvalue weighted by Gasteiger charge is 2.41. The Balaban J connectivity index is 1.29. The number of rotatable bonds is 3. The van der Waals surface area contributed by atoms with Crippen molar-refractivity contribution in [2.75, 3.05) is 18.0 Å². The number of halogens is 1. The number of ether oxygens (including phenoxy) is 1. The van der Waals surface area contributed by atoms with Gasteiger partial charge in [0, 0.05) is 19.0 Å². The Bertz CT molecular complexity index is 682. The number of anilines is 1. The number of carbonyl (C=O) groups excluding carboxylic acids is 1. The molecule has 1 aromatic rings. The summed E-state index contributed by atoms with van der Waals surface area (Å²) in [5, 5.41) is 9.21. The summed E-state index contributed by atoms with van der Waals surface area (Å²) < 4.78 is 5.54. The molecule has 3 fully saturated rings. The summed E-state index contributed by atoms with van der Waals surface area (Å²) in [5.41, 5.74) is 0.173. The topological polar surface area (TPSA) is 87.3 Å². The SMILES string of the molecule is O=C(NC1CC2CCC2C1)O[C@@H]1CCN(c2cn[nH]c(=O)c2Cl)C1. The van der Waals surface area contributed by atoms with E-state index < -0.39 is 5.56 Å². The monoisotopic (exact) mass is 352 g/mol. The number of nitrogens with zero attached hydrogens (tertiary/aromatic N) is 2. The van der Waals surface area contributed by atoms with E-state index in [-0.39, 0.29) is 23.3 Å². The molecule has 130 valence electrons. The molecule has 0 bridgehead atoms. The lowest BCUT2D eigenvalue weighted by atomic mass is 9.77. The Morgan fingerprint density at radius 3 is 2.79 bits per heavy atom. The predicted molar refractivity (Wildman–Crippen MR) is 89.3 cm³/mol. The maximum Gasteiger partial charge on any atom is 0.407 e. The van der Waals surface area contributed by atoms with Gasteiger partial charge >= 0.3 is 6.09 Å². The van der Waals surface area contributed by atoms with E-state index in [9.17, 15) is 9.59 Å². The number of alkyl carbamates (subject to hydrolysis) is 1. The number of nitrogens with one attached hydrogen (secondary N) is 2. The first-order chi connectivity index (χ1) is 11.6. The molecule has 0 aromatic carbocycles. The molecule has 3 atom stereocenters. The molecule has 2 unspecified atom stereocenters. The van der Waals surface area contributed by atoms with Crippen molar-refractivity contribution in [1.82, 2.24) is 15.5 Å². The van der Waals surface area contributed by atoms with Gasteiger partial charge in [-0.05, 0) is 37.5 Å². The Morgan fingerprint density at radius 2 is 2.08 bits per heavy atom. The lowest BCUT2D eigenvalue weighted by Crippen LogP contribution is -2.36. The van der Waals surface area contributed by atoms with Gasteiger partial charge in [-0.15, -0.1) is 0 Å². The fourth-order valence-electron chi connectivity index (χ4n) is 4.19. The number of carbonyl (C=O) groups is 1. The molecule has 1 amide bonds. The Labute approximate surface area is 144 Å². The number of hydrogen-bond donors (Lipinski definition) is 2. The fraction of sp³-hybridized carbons (Fsp3) is 0.688. The first-order valence-corrected chi connectivity index (χ1v) is 8.93. The highest BCUT2D eigenvalue weighted by atomic mass is 35.5. The van der Waals surface area contributed by atoms with Gasteiger partial charge in [0.2, 0.25) is 0 Å². The van der Waals surface area contributed by atoms with Crippen LogP contribution < -0.4 is 15.8 Å². The van der Waals surface area contributed by atoms with Gasteiger partial charge in [-0.1, -0.05) is 11.6 Å². The molecule has 2 N–H and O–H groups in total. The second-order valence-corrected chi connectivity index (χ2v) is 7.45. The van der Waals surface area contributed by atoms with E-state index in [0.29, 0.717) is 25.2 Å². The molecule has 0 spiro atoms. The lowest BCUT2D eigenvalue weighted by Gasteiger charge is -2.29. The van der Waals surface area contributed by atoms with Crippen LogP contribution in [0.2, 0.25) is 5.02 Å². The highest BCUT2D eigenvalue weighted by molar-refractivity contribution is 6.33. The van der Waals surface area contributed by atoms with Gasteiger partial charge in [0.25, 0.3) is 5.56 Å². The van der Waals surface area contributed by atoms with Crippen LogP contribution in [0.1, 0.15) is 32.1 Å². The molecule has 1 saturated heterocycles. The molecule has 7 nitrogen and oxygen atoms in total. The van der Waals surface area contributed by atoms with Gasteiger partial charge in [-0.3, -0.25) is 4.79 Å². The van der Waals surface area contributed by atoms with Crippen molar-refractivity contribution in [2.45, 2.75) is 44.2 Å². The van der Waals surface area contributed by atoms with Crippen LogP contribution in [0, 0.1) is 11.8 Å². The van der Waals surface area contributed by atoms with Gasteiger partial charge in [-0.2, -0.15) is 5.10 Å². The third-order valence-corrected chi connectivity index (χ3v) is 5.97. The van der Waals surface area contributed by atoms with E-state index in [0.717, 1.165) is 24.7 Å². The molecule has 2 aliphatic carbocycles. The maximum absolute atomic E-state index is 12.1. The second kappa shape index (κ2) is 6.27. The largest absolute Gasteiger partial charge is 0.444 e. The fourth-order valence-corrected chi connectivity index (χ4v) is 4.40. The quantitative estimate of drug-likeness (QED) is 0.867. The second-order valence-electron chi connectivity index (χ2n) is 7.07. The zero-order valence-electron chi connectivity index (χ0n) is 13.3. The van der Waals surface area contributed by atoms with Crippen molar-refractivity contribution in [3.05, 3.63) is 21.6 Å². The molecule has 2 saturated carbocycles. The molecule has 3 aliphatic rings. The van der Waals surface area contributed by atoms with Crippen LogP contribution >= 0.6 is 11.6 Å². The number of H-pyrrole nitrogens is 1. The zero-order chi connectivity index (χ0) is 16.7. The summed E-state index contributed by atoms with van der Waals surface area (Å²) >= 11 is 6.03. The average molecular weight is 353 g/mol. The first kappa shape index (κ1) is 15.7. The number of fused-ring (bicyclic) bond motifs is 1. The lowest BCUT2D eigenvalue weighted by molar-refractivity contribution is 0.105. The number of aromatic nitrogens is 2. The molecule has 4 rings (SSSR count). The van der Waals surface area contributed by atoms with Gasteiger partial charge < -0.3 is 15.0 Å². The molecular weight excluding hydrogens is 332 g/mol. The van der Waals surface area contributed by atoms with Crippen LogP contribution in [0.5, 0.6) is 0 Å². The minimum absolute atomic E-state index is 0.122. The molecule has 1 aromatic heterocycles. The van der Waals surface area contributed by atoms with Crippen molar-refractivity contribution in [2.24, 2.45) is 11.8 Å². The third kappa shape index (κ3) is 2.97. The van der Waals surface area contributed by atoms with Crippen LogP contribution in [0.15, 0.2) is 11.0 Å². The number of aromatic amines is 1. The van der Waals surface area contributed by atoms with Crippen molar-refractivity contribution in [3.63, 3.8) is 0 Å². The van der Waals surface area contributed by atoms with Crippen molar-refractivity contribution in [1.29, 1.82) is 0 Å². The van der Waals surface area contributed by atoms with Gasteiger partial charge in [0.05, 0.1) is 18.4 Å². The van der Waals surface area contributed by atoms with Crippen LogP contribution in [-0.4, -0.2) is 41.5 Å². The summed E-state index contributed by atoms with van der Waals surface area (Å²) in [4.78, 5) is 25.6. The molecule has 1 aliphatic heterocycles. The summed E-state index contributed by atoms with van der Waals surface area (Å²) in [6.07, 6.45) is 6.50. The van der Waals surface area contributed by atoms with E-state index >= 15 is 0 Å². The van der Waals surface area contributed by atoms with Crippen molar-refractivity contribution < 1.29 is 9.53 Å². The number of amides is 1. The molecule has 0 radical (unpaired) electrons. The van der Waals surface area contributed by atoms with Crippen LogP contribution in [-0.2, 0) is 4.74 Å². The van der Waals surface area contributed by atoms with E-state index in [1.54, 1.807) is 0 Å². The molecule has 2 heterocycles. The summed E-state index contributed by atoms with van der Waals surface area (Å²) in [6.45, 7) is 1.20. The zero-order valence-corrected chi connectivity index (χ0v) is 14.1. The standard InChI is InChI=1S/C16H21ClN4O3/c17-14-13(7-18-20-15(14)22)21-4-3-12(8-21)24-16(23)19-11-5-9-1-2-10(9)6-11/h7,9-12H,1-6,8H2,(H,19,23)(H,20,22)/t9?,10?,11?,12-/m1/s1. The van der Waals surface area contributed by atoms with Crippen molar-refractivity contribution >= 4 is 23.4 Å². The Morgan fingerprint density at radius 1 is 1.33 bits per heavy atom. The first-order valence-electron chi connectivity index (χ1n) is 8.55. The van der Waals surface area contributed by atoms with E-state index in [1.807, 2.05) is 4.90 Å². The third-order valence-electron chi connectivity index (χ3n) is 5.61. The molecule has 24 heavy (non-hydrogen) atoms. The van der Waals surface area contributed by atoms with E-state index in [4.69, 9.17) is 16.3 Å². The van der Waals surface area contributed by atoms with Crippen LogP contribution in [0.25, 0.3) is 0 Å². The summed E-state index contributed by atoms with van der Waals surface area (Å²) in [5.74, 6) is 1.62. The average Bonchev–Trinajstić information content (AvgIpc) is 3.09. The smallest absolute Gasteiger partial charge is 0.407 e. The minimum atomic E-state index is -0.410. The Kier molecular flexibility index (Phi) is 4.12. The van der Waals surface area contributed by atoms with Gasteiger partial charge in [-0.25, -0.2) is 9.89 Å². The van der Waals surface area contributed by atoms with E-state index in [1.165, 1.54) is 19.0 Å². The predicted octanol–water partition coefficient (Wildman–Crippen LogP) is 1.92. The van der Waals surface area contributed by atoms with Gasteiger partial charge in [0.1, 0.15) is 11.1 Å². The van der Waals surface area contributed by atoms with Gasteiger partial charge in [0.15, 0.2) is 0 Å². The summed E-state index contributed by atoms with van der Waals surface area (Å²) in [7, 11) is 0. The molecule has 8 heteroatoms. The maximum atomic E-state index is 12.1. The summed E-state index contributed by atoms with van der Waals surface area (Å²) in [6, 6.07) is 0.263. The van der Waals surface area contributed by atoms with Crippen LogP contribution in [0.3, 0.4) is 0 Å². The van der Waals surface area contributed by atoms with Crippen LogP contribution in [0.4, 0.5) is 10.5 Å². The minimum Gasteiger partial charge on any atom is -0.444 e. The normalized spacial score (nSPS) is 31.5. The highest BCUT2D eigenvalue weighted by Crippen LogP contribution is 2.46. The number of hydrogen-bond acceptors (Lipinski definition) is 5. The Hall–Kier alpha value is -1.76. The van der Waals surface area contributed by atoms with Crippen molar-refractivity contribution in [3.8, 4) is 0 Å². The molecular formula is C16H21ClN4O3.